The number of pyridine rings is 1. The van der Waals surface area contributed by atoms with Crippen molar-refractivity contribution in [3.05, 3.63) is 62.6 Å². The molecule has 0 aliphatic carbocycles. The number of rotatable bonds is 5. The van der Waals surface area contributed by atoms with Gasteiger partial charge in [0.05, 0.1) is 5.51 Å². The highest BCUT2D eigenvalue weighted by Gasteiger charge is 2.07. The molecule has 0 unspecified atom stereocenters. The van der Waals surface area contributed by atoms with Crippen LogP contribution in [-0.4, -0.2) is 16.0 Å². The van der Waals surface area contributed by atoms with Crippen LogP contribution in [0.4, 0.5) is 4.39 Å². The summed E-state index contributed by atoms with van der Waals surface area (Å²) < 4.78 is 13.2. The monoisotopic (exact) mass is 317 g/mol. The summed E-state index contributed by atoms with van der Waals surface area (Å²) in [5, 5.41) is 3.75. The fourth-order valence-electron chi connectivity index (χ4n) is 2.37. The second-order valence-corrected chi connectivity index (χ2v) is 6.27. The Bertz CT molecular complexity index is 829. The summed E-state index contributed by atoms with van der Waals surface area (Å²) in [5.74, 6) is -0.401. The molecule has 0 saturated carbocycles. The number of thiazole rings is 1. The molecule has 3 rings (SSSR count). The molecule has 0 aliphatic rings. The van der Waals surface area contributed by atoms with Crippen LogP contribution in [0.2, 0.25) is 0 Å². The molecule has 0 amide bonds. The number of benzene rings is 1. The molecule has 2 aromatic heterocycles. The number of nitrogens with zero attached hydrogens (tertiary/aromatic N) is 1. The lowest BCUT2D eigenvalue weighted by atomic mass is 10.1. The van der Waals surface area contributed by atoms with Gasteiger partial charge in [-0.1, -0.05) is 0 Å². The summed E-state index contributed by atoms with van der Waals surface area (Å²) in [5.41, 5.74) is 3.10. The van der Waals surface area contributed by atoms with Crippen molar-refractivity contribution in [2.45, 2.75) is 25.9 Å². The third-order valence-corrected chi connectivity index (χ3v) is 4.28. The maximum Gasteiger partial charge on any atom is 0.189 e. The normalized spacial score (nSPS) is 12.6. The molecule has 4 nitrogen and oxygen atoms in total. The van der Waals surface area contributed by atoms with E-state index in [0.717, 1.165) is 12.1 Å². The zero-order valence-electron chi connectivity index (χ0n) is 12.1. The number of nitrogens with one attached hydrogen (secondary N) is 2. The number of fused-ring (bicyclic) bond motifs is 1. The molecule has 0 spiro atoms. The van der Waals surface area contributed by atoms with Crippen molar-refractivity contribution in [3.63, 3.8) is 0 Å². The van der Waals surface area contributed by atoms with E-state index in [1.807, 2.05) is 11.7 Å². The van der Waals surface area contributed by atoms with Crippen molar-refractivity contribution >= 4 is 22.2 Å². The Morgan fingerprint density at radius 3 is 3.05 bits per heavy atom. The van der Waals surface area contributed by atoms with Gasteiger partial charge in [-0.05, 0) is 31.5 Å². The smallest absolute Gasteiger partial charge is 0.189 e. The maximum absolute atomic E-state index is 13.2. The van der Waals surface area contributed by atoms with Crippen molar-refractivity contribution in [3.8, 4) is 0 Å². The van der Waals surface area contributed by atoms with Crippen molar-refractivity contribution in [1.82, 2.24) is 15.3 Å². The highest BCUT2D eigenvalue weighted by molar-refractivity contribution is 7.09. The molecule has 2 heterocycles. The van der Waals surface area contributed by atoms with Crippen LogP contribution < -0.4 is 10.7 Å². The predicted molar refractivity (Wildman–Crippen MR) is 86.6 cm³/mol. The Labute approximate surface area is 131 Å². The number of aromatic amines is 1. The van der Waals surface area contributed by atoms with Crippen molar-refractivity contribution in [2.75, 3.05) is 0 Å². The van der Waals surface area contributed by atoms with E-state index < -0.39 is 5.82 Å². The van der Waals surface area contributed by atoms with Gasteiger partial charge in [-0.2, -0.15) is 0 Å². The van der Waals surface area contributed by atoms with Crippen LogP contribution in [0.1, 0.15) is 17.5 Å². The standard InChI is InChI=1S/C16H16FN3OS/c1-10(4-13-8-18-9-22-13)19-7-12-6-16(21)14-5-11(17)2-3-15(14)20-12/h2-3,5-6,8-10,19H,4,7H2,1H3,(H,20,21)/t10-/m0/s1. The average Bonchev–Trinajstić information content (AvgIpc) is 2.99. The summed E-state index contributed by atoms with van der Waals surface area (Å²) in [6.07, 6.45) is 2.77. The Morgan fingerprint density at radius 2 is 2.27 bits per heavy atom. The number of halogens is 1. The summed E-state index contributed by atoms with van der Waals surface area (Å²) >= 11 is 1.63. The Morgan fingerprint density at radius 1 is 1.41 bits per heavy atom. The minimum atomic E-state index is -0.401. The van der Waals surface area contributed by atoms with Crippen molar-refractivity contribution < 1.29 is 4.39 Å². The average molecular weight is 317 g/mol. The van der Waals surface area contributed by atoms with Crippen LogP contribution in [0.25, 0.3) is 10.9 Å². The van der Waals surface area contributed by atoms with Gasteiger partial charge in [-0.15, -0.1) is 11.3 Å². The first-order valence-electron chi connectivity index (χ1n) is 7.04. The van der Waals surface area contributed by atoms with Gasteiger partial charge in [0.15, 0.2) is 5.43 Å². The van der Waals surface area contributed by atoms with E-state index in [9.17, 15) is 9.18 Å². The molecule has 0 radical (unpaired) electrons. The van der Waals surface area contributed by atoms with Crippen molar-refractivity contribution in [1.29, 1.82) is 0 Å². The van der Waals surface area contributed by atoms with Crippen LogP contribution in [0, 0.1) is 5.82 Å². The third-order valence-electron chi connectivity index (χ3n) is 3.48. The molecule has 6 heteroatoms. The lowest BCUT2D eigenvalue weighted by Gasteiger charge is -2.13. The van der Waals surface area contributed by atoms with Gasteiger partial charge >= 0.3 is 0 Å². The SMILES string of the molecule is C[C@@H](Cc1cncs1)NCc1cc(=O)c2cc(F)ccc2[nH]1. The van der Waals surface area contributed by atoms with Gasteiger partial charge in [0.25, 0.3) is 0 Å². The first-order valence-corrected chi connectivity index (χ1v) is 7.92. The van der Waals surface area contributed by atoms with Crippen LogP contribution in [-0.2, 0) is 13.0 Å². The van der Waals surface area contributed by atoms with Crippen molar-refractivity contribution in [2.24, 2.45) is 0 Å². The van der Waals surface area contributed by atoms with E-state index in [2.05, 4.69) is 22.2 Å². The topological polar surface area (TPSA) is 57.8 Å². The number of hydrogen-bond acceptors (Lipinski definition) is 4. The highest BCUT2D eigenvalue weighted by atomic mass is 32.1. The zero-order chi connectivity index (χ0) is 15.5. The maximum atomic E-state index is 13.2. The molecule has 3 aromatic rings. The first kappa shape index (κ1) is 14.9. The summed E-state index contributed by atoms with van der Waals surface area (Å²) in [6, 6.07) is 6.00. The Hall–Kier alpha value is -2.05. The van der Waals surface area contributed by atoms with Gasteiger partial charge in [0, 0.05) is 46.3 Å². The second kappa shape index (κ2) is 6.37. The summed E-state index contributed by atoms with van der Waals surface area (Å²) in [4.78, 5) is 20.5. The second-order valence-electron chi connectivity index (χ2n) is 5.30. The summed E-state index contributed by atoms with van der Waals surface area (Å²) in [6.45, 7) is 2.65. The van der Waals surface area contributed by atoms with E-state index in [1.54, 1.807) is 17.4 Å². The minimum absolute atomic E-state index is 0.167. The Balaban J connectivity index is 1.71. The van der Waals surface area contributed by atoms with E-state index >= 15 is 0 Å². The fourth-order valence-corrected chi connectivity index (χ4v) is 3.10. The lowest BCUT2D eigenvalue weighted by molar-refractivity contribution is 0.543. The van der Waals surface area contributed by atoms with Crippen LogP contribution in [0.5, 0.6) is 0 Å². The number of hydrogen-bond donors (Lipinski definition) is 2. The summed E-state index contributed by atoms with van der Waals surface area (Å²) in [7, 11) is 0. The van der Waals surface area contributed by atoms with Crippen LogP contribution >= 0.6 is 11.3 Å². The largest absolute Gasteiger partial charge is 0.357 e. The highest BCUT2D eigenvalue weighted by Crippen LogP contribution is 2.11. The molecular formula is C16H16FN3OS. The van der Waals surface area contributed by atoms with E-state index in [4.69, 9.17) is 0 Å². The number of aromatic nitrogens is 2. The molecule has 1 aromatic carbocycles. The minimum Gasteiger partial charge on any atom is -0.357 e. The zero-order valence-corrected chi connectivity index (χ0v) is 12.9. The molecule has 0 bridgehead atoms. The molecule has 0 fully saturated rings. The molecule has 0 aliphatic heterocycles. The van der Waals surface area contributed by atoms with Gasteiger partial charge < -0.3 is 10.3 Å². The Kier molecular flexibility index (Phi) is 4.31. The van der Waals surface area contributed by atoms with Gasteiger partial charge in [-0.3, -0.25) is 9.78 Å². The third kappa shape index (κ3) is 3.40. The lowest BCUT2D eigenvalue weighted by Crippen LogP contribution is -2.28. The van der Waals surface area contributed by atoms with Crippen LogP contribution in [0.3, 0.4) is 0 Å². The van der Waals surface area contributed by atoms with E-state index in [1.165, 1.54) is 23.1 Å². The van der Waals surface area contributed by atoms with E-state index in [-0.39, 0.29) is 11.5 Å². The quantitative estimate of drug-likeness (QED) is 0.761. The predicted octanol–water partition coefficient (Wildman–Crippen LogP) is 2.84. The van der Waals surface area contributed by atoms with Crippen LogP contribution in [0.15, 0.2) is 40.8 Å². The van der Waals surface area contributed by atoms with Gasteiger partial charge in [-0.25, -0.2) is 4.39 Å². The molecule has 2 N–H and O–H groups in total. The molecule has 114 valence electrons. The van der Waals surface area contributed by atoms with E-state index in [0.29, 0.717) is 17.4 Å². The number of H-pyrrole nitrogens is 1. The fraction of sp³-hybridized carbons (Fsp3) is 0.250. The molecule has 0 saturated heterocycles. The molecular weight excluding hydrogens is 301 g/mol. The van der Waals surface area contributed by atoms with Gasteiger partial charge in [0.2, 0.25) is 0 Å². The first-order chi connectivity index (χ1) is 10.6. The van der Waals surface area contributed by atoms with Gasteiger partial charge in [0.1, 0.15) is 5.82 Å². The molecule has 22 heavy (non-hydrogen) atoms. The molecule has 1 atom stereocenters.